The van der Waals surface area contributed by atoms with Crippen LogP contribution in [0.3, 0.4) is 0 Å². The van der Waals surface area contributed by atoms with Gasteiger partial charge in [0.1, 0.15) is 0 Å². The zero-order valence-electron chi connectivity index (χ0n) is 11.2. The van der Waals surface area contributed by atoms with E-state index in [0.29, 0.717) is 12.1 Å². The SMILES string of the molecule is COCC(NC(C)Cc1cccc(Cl)c1)C1CC1. The van der Waals surface area contributed by atoms with Gasteiger partial charge in [0.2, 0.25) is 0 Å². The fourth-order valence-corrected chi connectivity index (χ4v) is 2.65. The summed E-state index contributed by atoms with van der Waals surface area (Å²) in [6.07, 6.45) is 3.68. The number of hydrogen-bond acceptors (Lipinski definition) is 2. The summed E-state index contributed by atoms with van der Waals surface area (Å²) in [5.74, 6) is 0.812. The van der Waals surface area contributed by atoms with Crippen molar-refractivity contribution in [2.75, 3.05) is 13.7 Å². The highest BCUT2D eigenvalue weighted by atomic mass is 35.5. The zero-order chi connectivity index (χ0) is 13.0. The first-order chi connectivity index (χ1) is 8.69. The predicted octanol–water partition coefficient (Wildman–Crippen LogP) is 3.29. The molecule has 2 nitrogen and oxygen atoms in total. The molecule has 1 aliphatic rings. The summed E-state index contributed by atoms with van der Waals surface area (Å²) in [7, 11) is 1.78. The monoisotopic (exact) mass is 267 g/mol. The molecule has 2 rings (SSSR count). The molecule has 2 unspecified atom stereocenters. The lowest BCUT2D eigenvalue weighted by atomic mass is 10.1. The van der Waals surface area contributed by atoms with E-state index in [2.05, 4.69) is 18.3 Å². The molecule has 3 heteroatoms. The van der Waals surface area contributed by atoms with Crippen molar-refractivity contribution in [3.63, 3.8) is 0 Å². The van der Waals surface area contributed by atoms with Crippen molar-refractivity contribution >= 4 is 11.6 Å². The van der Waals surface area contributed by atoms with Crippen LogP contribution < -0.4 is 5.32 Å². The van der Waals surface area contributed by atoms with Gasteiger partial charge in [-0.05, 0) is 49.8 Å². The summed E-state index contributed by atoms with van der Waals surface area (Å²) in [4.78, 5) is 0. The van der Waals surface area contributed by atoms with Crippen molar-refractivity contribution in [3.05, 3.63) is 34.9 Å². The van der Waals surface area contributed by atoms with Crippen LogP contribution in [0.25, 0.3) is 0 Å². The fourth-order valence-electron chi connectivity index (χ4n) is 2.44. The second kappa shape index (κ2) is 6.55. The third-order valence-electron chi connectivity index (χ3n) is 3.47. The molecule has 1 saturated carbocycles. The lowest BCUT2D eigenvalue weighted by Crippen LogP contribution is -2.42. The molecule has 0 bridgehead atoms. The van der Waals surface area contributed by atoms with Crippen LogP contribution in [0.2, 0.25) is 5.02 Å². The van der Waals surface area contributed by atoms with Gasteiger partial charge in [-0.15, -0.1) is 0 Å². The molecule has 0 radical (unpaired) electrons. The molecule has 0 aliphatic heterocycles. The number of ether oxygens (including phenoxy) is 1. The molecular weight excluding hydrogens is 246 g/mol. The van der Waals surface area contributed by atoms with E-state index < -0.39 is 0 Å². The Morgan fingerprint density at radius 2 is 2.22 bits per heavy atom. The minimum absolute atomic E-state index is 0.448. The second-order valence-electron chi connectivity index (χ2n) is 5.30. The summed E-state index contributed by atoms with van der Waals surface area (Å²) >= 11 is 6.00. The molecule has 0 amide bonds. The van der Waals surface area contributed by atoms with E-state index in [0.717, 1.165) is 24.0 Å². The van der Waals surface area contributed by atoms with Crippen LogP contribution in [0.15, 0.2) is 24.3 Å². The molecule has 100 valence electrons. The fraction of sp³-hybridized carbons (Fsp3) is 0.600. The lowest BCUT2D eigenvalue weighted by molar-refractivity contribution is 0.152. The van der Waals surface area contributed by atoms with Gasteiger partial charge in [0.25, 0.3) is 0 Å². The molecule has 0 spiro atoms. The van der Waals surface area contributed by atoms with Gasteiger partial charge < -0.3 is 10.1 Å². The van der Waals surface area contributed by atoms with Crippen LogP contribution in [0.1, 0.15) is 25.3 Å². The van der Waals surface area contributed by atoms with E-state index in [4.69, 9.17) is 16.3 Å². The molecule has 1 aromatic carbocycles. The van der Waals surface area contributed by atoms with Crippen molar-refractivity contribution in [2.24, 2.45) is 5.92 Å². The van der Waals surface area contributed by atoms with Gasteiger partial charge >= 0.3 is 0 Å². The van der Waals surface area contributed by atoms with Gasteiger partial charge in [-0.1, -0.05) is 23.7 Å². The highest BCUT2D eigenvalue weighted by Crippen LogP contribution is 2.33. The van der Waals surface area contributed by atoms with Crippen LogP contribution in [0.4, 0.5) is 0 Å². The molecule has 1 fully saturated rings. The first kappa shape index (κ1) is 13.9. The van der Waals surface area contributed by atoms with Crippen molar-refractivity contribution in [3.8, 4) is 0 Å². The summed E-state index contributed by atoms with van der Waals surface area (Å²) < 4.78 is 5.29. The van der Waals surface area contributed by atoms with Gasteiger partial charge in [-0.2, -0.15) is 0 Å². The van der Waals surface area contributed by atoms with Crippen molar-refractivity contribution in [2.45, 2.75) is 38.3 Å². The van der Waals surface area contributed by atoms with E-state index in [1.807, 2.05) is 18.2 Å². The Labute approximate surface area is 115 Å². The second-order valence-corrected chi connectivity index (χ2v) is 5.74. The van der Waals surface area contributed by atoms with E-state index in [1.54, 1.807) is 7.11 Å². The highest BCUT2D eigenvalue weighted by Gasteiger charge is 2.31. The lowest BCUT2D eigenvalue weighted by Gasteiger charge is -2.22. The topological polar surface area (TPSA) is 21.3 Å². The van der Waals surface area contributed by atoms with E-state index in [1.165, 1.54) is 18.4 Å². The summed E-state index contributed by atoms with van der Waals surface area (Å²) in [6.45, 7) is 3.04. The largest absolute Gasteiger partial charge is 0.383 e. The molecule has 1 N–H and O–H groups in total. The third kappa shape index (κ3) is 4.27. The van der Waals surface area contributed by atoms with Crippen LogP contribution in [0, 0.1) is 5.92 Å². The Kier molecular flexibility index (Phi) is 5.04. The quantitative estimate of drug-likeness (QED) is 0.819. The molecular formula is C15H22ClNO. The molecule has 1 aromatic rings. The summed E-state index contributed by atoms with van der Waals surface area (Å²) in [5, 5.41) is 4.49. The number of hydrogen-bond donors (Lipinski definition) is 1. The Bertz CT molecular complexity index is 379. The van der Waals surface area contributed by atoms with Crippen LogP contribution >= 0.6 is 11.6 Å². The standard InChI is InChI=1S/C15H22ClNO/c1-11(8-12-4-3-5-14(16)9-12)17-15(10-18-2)13-6-7-13/h3-5,9,11,13,15,17H,6-8,10H2,1-2H3. The number of benzene rings is 1. The normalized spacial score (nSPS) is 18.6. The highest BCUT2D eigenvalue weighted by molar-refractivity contribution is 6.30. The molecule has 2 atom stereocenters. The summed E-state index contributed by atoms with van der Waals surface area (Å²) in [6, 6.07) is 9.06. The maximum absolute atomic E-state index is 6.00. The van der Waals surface area contributed by atoms with Crippen molar-refractivity contribution in [1.82, 2.24) is 5.32 Å². The maximum Gasteiger partial charge on any atom is 0.0618 e. The van der Waals surface area contributed by atoms with E-state index in [9.17, 15) is 0 Å². The molecule has 0 saturated heterocycles. The van der Waals surface area contributed by atoms with Gasteiger partial charge in [0.15, 0.2) is 0 Å². The third-order valence-corrected chi connectivity index (χ3v) is 3.70. The van der Waals surface area contributed by atoms with Gasteiger partial charge in [0.05, 0.1) is 6.61 Å². The van der Waals surface area contributed by atoms with Gasteiger partial charge in [-0.3, -0.25) is 0 Å². The van der Waals surface area contributed by atoms with Crippen LogP contribution in [0.5, 0.6) is 0 Å². The van der Waals surface area contributed by atoms with E-state index >= 15 is 0 Å². The Balaban J connectivity index is 1.85. The summed E-state index contributed by atoms with van der Waals surface area (Å²) in [5.41, 5.74) is 1.29. The predicted molar refractivity (Wildman–Crippen MR) is 76.1 cm³/mol. The maximum atomic E-state index is 6.00. The number of nitrogens with one attached hydrogen (secondary N) is 1. The zero-order valence-corrected chi connectivity index (χ0v) is 11.9. The number of halogens is 1. The minimum Gasteiger partial charge on any atom is -0.383 e. The molecule has 0 aromatic heterocycles. The smallest absolute Gasteiger partial charge is 0.0618 e. The average Bonchev–Trinajstić information content (AvgIpc) is 3.12. The van der Waals surface area contributed by atoms with Crippen molar-refractivity contribution < 1.29 is 4.74 Å². The first-order valence-electron chi connectivity index (χ1n) is 6.68. The molecule has 18 heavy (non-hydrogen) atoms. The van der Waals surface area contributed by atoms with Gasteiger partial charge in [0, 0.05) is 24.2 Å². The van der Waals surface area contributed by atoms with Crippen LogP contribution in [-0.2, 0) is 11.2 Å². The van der Waals surface area contributed by atoms with Crippen LogP contribution in [-0.4, -0.2) is 25.8 Å². The number of rotatable bonds is 7. The Morgan fingerprint density at radius 1 is 1.44 bits per heavy atom. The average molecular weight is 268 g/mol. The number of methoxy groups -OCH3 is 1. The Hall–Kier alpha value is -0.570. The van der Waals surface area contributed by atoms with Crippen molar-refractivity contribution in [1.29, 1.82) is 0 Å². The van der Waals surface area contributed by atoms with Gasteiger partial charge in [-0.25, -0.2) is 0 Å². The molecule has 0 heterocycles. The first-order valence-corrected chi connectivity index (χ1v) is 7.06. The van der Waals surface area contributed by atoms with E-state index in [-0.39, 0.29) is 0 Å². The Morgan fingerprint density at radius 3 is 2.83 bits per heavy atom. The minimum atomic E-state index is 0.448. The molecule has 1 aliphatic carbocycles.